The van der Waals surface area contributed by atoms with Gasteiger partial charge in [-0.2, -0.15) is 0 Å². The van der Waals surface area contributed by atoms with Crippen LogP contribution in [-0.2, 0) is 0 Å². The second-order valence-corrected chi connectivity index (χ2v) is 5.89. The van der Waals surface area contributed by atoms with Gasteiger partial charge in [0.05, 0.1) is 11.0 Å². The molecule has 0 aliphatic rings. The van der Waals surface area contributed by atoms with E-state index in [-0.39, 0.29) is 0 Å². The van der Waals surface area contributed by atoms with E-state index in [1.54, 1.807) is 6.92 Å². The summed E-state index contributed by atoms with van der Waals surface area (Å²) in [5.41, 5.74) is 15.1. The summed E-state index contributed by atoms with van der Waals surface area (Å²) in [5, 5.41) is 9.87. The number of hydrogen-bond acceptors (Lipinski definition) is 4. The maximum Gasteiger partial charge on any atom is 0.153 e. The van der Waals surface area contributed by atoms with Crippen LogP contribution in [0.1, 0.15) is 40.2 Å². The number of hydrogen-bond donors (Lipinski definition) is 2. The highest BCUT2D eigenvalue weighted by molar-refractivity contribution is 6.02. The number of pyridine rings is 1. The molecule has 0 saturated heterocycles. The molecule has 0 aliphatic heterocycles. The molecule has 1 aromatic heterocycles. The van der Waals surface area contributed by atoms with Crippen molar-refractivity contribution in [2.24, 2.45) is 21.7 Å². The van der Waals surface area contributed by atoms with Crippen LogP contribution in [0.4, 0.5) is 5.69 Å². The van der Waals surface area contributed by atoms with Gasteiger partial charge in [0.15, 0.2) is 5.84 Å². The van der Waals surface area contributed by atoms with Crippen molar-refractivity contribution < 1.29 is 0 Å². The van der Waals surface area contributed by atoms with Crippen LogP contribution in [0.2, 0.25) is 0 Å². The Kier molecular flexibility index (Phi) is 8.88. The minimum Gasteiger partial charge on any atom is -0.386 e. The van der Waals surface area contributed by atoms with E-state index in [1.807, 2.05) is 60.0 Å². The number of benzene rings is 2. The maximum absolute atomic E-state index is 5.96. The van der Waals surface area contributed by atoms with Gasteiger partial charge in [-0.3, -0.25) is 0 Å². The van der Waals surface area contributed by atoms with Crippen LogP contribution in [0.25, 0.3) is 21.8 Å². The van der Waals surface area contributed by atoms with Gasteiger partial charge in [0.1, 0.15) is 5.84 Å². The highest BCUT2D eigenvalue weighted by atomic mass is 15.2. The molecule has 0 saturated carbocycles. The van der Waals surface area contributed by atoms with Crippen molar-refractivity contribution in [1.82, 2.24) is 4.98 Å². The summed E-state index contributed by atoms with van der Waals surface area (Å²) in [6, 6.07) is 14.2. The Morgan fingerprint density at radius 3 is 1.96 bits per heavy atom. The zero-order chi connectivity index (χ0) is 21.3. The second kappa shape index (κ2) is 10.9. The average molecular weight is 381 g/mol. The van der Waals surface area contributed by atoms with E-state index in [1.165, 1.54) is 0 Å². The summed E-state index contributed by atoms with van der Waals surface area (Å²) in [5.74, 6) is 0.671. The largest absolute Gasteiger partial charge is 0.386 e. The van der Waals surface area contributed by atoms with E-state index in [4.69, 9.17) is 16.5 Å². The van der Waals surface area contributed by atoms with E-state index in [0.717, 1.165) is 33.1 Å². The smallest absolute Gasteiger partial charge is 0.153 e. The molecule has 150 valence electrons. The third-order valence-electron chi connectivity index (χ3n) is 3.72. The molecule has 1 heterocycles. The molecule has 3 aromatic rings. The lowest BCUT2D eigenvalue weighted by molar-refractivity contribution is 1.13. The standard InChI is InChI=1S/C18H20N6.2C2H6/c1-11(19)22-23-18(20)14-5-4-12-8-13-6-7-15(24(2)3)10-17(13)21-16(12)9-14;2*1-2/h4-10H,1-3H3,(H2,19,22)(H2,20,23);2*1-2H3. The molecule has 0 spiro atoms. The van der Waals surface area contributed by atoms with E-state index in [0.29, 0.717) is 11.7 Å². The first-order valence-electron chi connectivity index (χ1n) is 9.59. The second-order valence-electron chi connectivity index (χ2n) is 5.89. The minimum atomic E-state index is 0.311. The minimum absolute atomic E-state index is 0.311. The number of rotatable bonds is 3. The maximum atomic E-state index is 5.96. The molecule has 0 aliphatic carbocycles. The van der Waals surface area contributed by atoms with E-state index in [9.17, 15) is 0 Å². The van der Waals surface area contributed by atoms with Crippen molar-refractivity contribution in [3.05, 3.63) is 48.0 Å². The lowest BCUT2D eigenvalue weighted by atomic mass is 10.1. The highest BCUT2D eigenvalue weighted by Crippen LogP contribution is 2.24. The van der Waals surface area contributed by atoms with Crippen molar-refractivity contribution in [1.29, 1.82) is 0 Å². The molecule has 0 fully saturated rings. The lowest BCUT2D eigenvalue weighted by Gasteiger charge is -2.13. The molecule has 0 amide bonds. The lowest BCUT2D eigenvalue weighted by Crippen LogP contribution is -2.14. The SMILES string of the molecule is C/C(N)=N/N=C(\N)c1ccc2cc3ccc(N(C)C)cc3nc2c1.CC.CC. The summed E-state index contributed by atoms with van der Waals surface area (Å²) >= 11 is 0. The molecule has 0 radical (unpaired) electrons. The van der Waals surface area contributed by atoms with Crippen LogP contribution in [0.5, 0.6) is 0 Å². The molecular weight excluding hydrogens is 348 g/mol. The van der Waals surface area contributed by atoms with Crippen molar-refractivity contribution in [2.45, 2.75) is 34.6 Å². The Hall–Kier alpha value is -3.15. The number of aromatic nitrogens is 1. The first-order valence-corrected chi connectivity index (χ1v) is 9.59. The molecule has 6 nitrogen and oxygen atoms in total. The Labute approximate surface area is 168 Å². The first-order chi connectivity index (χ1) is 13.4. The fourth-order valence-electron chi connectivity index (χ4n) is 2.44. The van der Waals surface area contributed by atoms with Crippen LogP contribution in [0.3, 0.4) is 0 Å². The van der Waals surface area contributed by atoms with Crippen LogP contribution in [0, 0.1) is 0 Å². The summed E-state index contributed by atoms with van der Waals surface area (Å²) < 4.78 is 0. The van der Waals surface area contributed by atoms with E-state index >= 15 is 0 Å². The number of nitrogens with zero attached hydrogens (tertiary/aromatic N) is 4. The summed E-state index contributed by atoms with van der Waals surface area (Å²) in [7, 11) is 4.02. The number of nitrogens with two attached hydrogens (primary N) is 2. The van der Waals surface area contributed by atoms with Gasteiger partial charge in [-0.25, -0.2) is 4.98 Å². The summed E-state index contributed by atoms with van der Waals surface area (Å²) in [6.45, 7) is 9.66. The first kappa shape index (κ1) is 22.9. The van der Waals surface area contributed by atoms with Gasteiger partial charge in [0.25, 0.3) is 0 Å². The Balaban J connectivity index is 0.000000921. The molecule has 28 heavy (non-hydrogen) atoms. The third-order valence-corrected chi connectivity index (χ3v) is 3.72. The molecule has 0 unspecified atom stereocenters. The van der Waals surface area contributed by atoms with Crippen LogP contribution in [0.15, 0.2) is 52.7 Å². The molecule has 3 rings (SSSR count). The molecule has 4 N–H and O–H groups in total. The molecular formula is C22H32N6. The molecule has 6 heteroatoms. The van der Waals surface area contributed by atoms with Gasteiger partial charge >= 0.3 is 0 Å². The van der Waals surface area contributed by atoms with Crippen molar-refractivity contribution in [3.8, 4) is 0 Å². The topological polar surface area (TPSA) is 92.9 Å². The predicted octanol–water partition coefficient (Wildman–Crippen LogP) is 4.50. The normalized spacial score (nSPS) is 11.4. The van der Waals surface area contributed by atoms with E-state index in [2.05, 4.69) is 39.4 Å². The summed E-state index contributed by atoms with van der Waals surface area (Å²) in [4.78, 5) is 6.82. The number of fused-ring (bicyclic) bond motifs is 2. The van der Waals surface area contributed by atoms with Crippen LogP contribution >= 0.6 is 0 Å². The molecule has 0 bridgehead atoms. The average Bonchev–Trinajstić information content (AvgIpc) is 2.72. The summed E-state index contributed by atoms with van der Waals surface area (Å²) in [6.07, 6.45) is 0. The quantitative estimate of drug-likeness (QED) is 0.303. The fraction of sp³-hybridized carbons (Fsp3) is 0.318. The zero-order valence-electron chi connectivity index (χ0n) is 18.0. The molecule has 0 atom stereocenters. The van der Waals surface area contributed by atoms with Crippen LogP contribution < -0.4 is 16.4 Å². The van der Waals surface area contributed by atoms with Gasteiger partial charge < -0.3 is 16.4 Å². The van der Waals surface area contributed by atoms with Crippen molar-refractivity contribution in [3.63, 3.8) is 0 Å². The monoisotopic (exact) mass is 380 g/mol. The van der Waals surface area contributed by atoms with Gasteiger partial charge in [0.2, 0.25) is 0 Å². The van der Waals surface area contributed by atoms with Gasteiger partial charge in [-0.15, -0.1) is 10.2 Å². The predicted molar refractivity (Wildman–Crippen MR) is 124 cm³/mol. The Bertz CT molecular complexity index is 969. The Morgan fingerprint density at radius 2 is 1.39 bits per heavy atom. The van der Waals surface area contributed by atoms with Crippen LogP contribution in [-0.4, -0.2) is 30.8 Å². The van der Waals surface area contributed by atoms with Gasteiger partial charge in [0, 0.05) is 36.1 Å². The van der Waals surface area contributed by atoms with E-state index < -0.39 is 0 Å². The zero-order valence-corrected chi connectivity index (χ0v) is 18.0. The third kappa shape index (κ3) is 5.67. The van der Waals surface area contributed by atoms with Gasteiger partial charge in [-0.1, -0.05) is 45.9 Å². The fourth-order valence-corrected chi connectivity index (χ4v) is 2.44. The number of amidine groups is 2. The van der Waals surface area contributed by atoms with Crippen molar-refractivity contribution >= 4 is 39.2 Å². The highest BCUT2D eigenvalue weighted by Gasteiger charge is 2.05. The number of anilines is 1. The van der Waals surface area contributed by atoms with Gasteiger partial charge in [-0.05, 0) is 31.2 Å². The Morgan fingerprint density at radius 1 is 0.821 bits per heavy atom. The van der Waals surface area contributed by atoms with Crippen molar-refractivity contribution in [2.75, 3.05) is 19.0 Å². The molecule has 2 aromatic carbocycles.